The minimum atomic E-state index is -0.00260. The number of amides is 1. The molecule has 0 saturated carbocycles. The third-order valence-electron chi connectivity index (χ3n) is 8.39. The van der Waals surface area contributed by atoms with Crippen molar-refractivity contribution >= 4 is 11.7 Å². The van der Waals surface area contributed by atoms with Gasteiger partial charge in [0, 0.05) is 44.8 Å². The van der Waals surface area contributed by atoms with Crippen LogP contribution in [0.15, 0.2) is 97.1 Å². The normalized spacial score (nSPS) is 18.2. The van der Waals surface area contributed by atoms with Crippen molar-refractivity contribution in [3.05, 3.63) is 114 Å². The van der Waals surface area contributed by atoms with Crippen LogP contribution in [-0.2, 0) is 4.79 Å². The molecule has 2 aliphatic heterocycles. The monoisotopic (exact) mass is 531 g/mol. The molecule has 4 aromatic rings. The highest BCUT2D eigenvalue weighted by Crippen LogP contribution is 2.31. The minimum absolute atomic E-state index is 0.00260. The van der Waals surface area contributed by atoms with Crippen molar-refractivity contribution in [2.24, 2.45) is 5.92 Å². The molecule has 1 atom stereocenters. The van der Waals surface area contributed by atoms with Gasteiger partial charge in [-0.05, 0) is 48.6 Å². The molecule has 6 heteroatoms. The molecule has 0 aliphatic carbocycles. The number of aryl methyl sites for hydroxylation is 1. The number of rotatable bonds is 6. The van der Waals surface area contributed by atoms with Crippen LogP contribution in [0, 0.1) is 12.8 Å². The van der Waals surface area contributed by atoms with Gasteiger partial charge in [-0.1, -0.05) is 84.9 Å². The van der Waals surface area contributed by atoms with Gasteiger partial charge < -0.3 is 9.80 Å². The number of anilines is 1. The van der Waals surface area contributed by atoms with Gasteiger partial charge in [0.25, 0.3) is 0 Å². The Balaban J connectivity index is 1.09. The number of hydrogen-bond donors (Lipinski definition) is 0. The summed E-state index contributed by atoms with van der Waals surface area (Å²) in [6.45, 7) is 6.95. The Hall–Kier alpha value is -4.03. The number of carbonyl (C=O) groups is 1. The molecule has 1 aromatic heterocycles. The Morgan fingerprint density at radius 1 is 0.750 bits per heavy atom. The zero-order valence-electron chi connectivity index (χ0n) is 23.2. The van der Waals surface area contributed by atoms with Gasteiger partial charge in [-0.3, -0.25) is 9.69 Å². The van der Waals surface area contributed by atoms with Crippen LogP contribution in [-0.4, -0.2) is 65.2 Å². The Kier molecular flexibility index (Phi) is 7.87. The molecule has 3 aromatic carbocycles. The van der Waals surface area contributed by atoms with Crippen LogP contribution in [0.2, 0.25) is 0 Å². The van der Waals surface area contributed by atoms with E-state index in [4.69, 9.17) is 0 Å². The second kappa shape index (κ2) is 12.0. The Morgan fingerprint density at radius 2 is 1.40 bits per heavy atom. The number of piperazine rings is 1. The molecule has 1 amide bonds. The zero-order chi connectivity index (χ0) is 27.3. The fraction of sp³-hybridized carbons (Fsp3) is 0.324. The fourth-order valence-corrected chi connectivity index (χ4v) is 6.23. The Morgan fingerprint density at radius 3 is 2.02 bits per heavy atom. The van der Waals surface area contributed by atoms with E-state index in [0.717, 1.165) is 62.6 Å². The standard InChI is InChI=1S/C34H37N5O/c1-26-11-8-9-17-30(26)31-18-19-32(36-35-31)39-20-10-16-29(25-39)34(40)38-23-21-37(22-24-38)33(27-12-4-2-5-13-27)28-14-6-3-7-15-28/h2-9,11-15,17-19,29,33H,10,16,20-25H2,1H3. The summed E-state index contributed by atoms with van der Waals surface area (Å²) in [5.74, 6) is 1.13. The Bertz CT molecular complexity index is 1360. The molecular weight excluding hydrogens is 494 g/mol. The van der Waals surface area contributed by atoms with Crippen LogP contribution < -0.4 is 4.90 Å². The van der Waals surface area contributed by atoms with Crippen molar-refractivity contribution in [1.29, 1.82) is 0 Å². The van der Waals surface area contributed by atoms with Crippen LogP contribution in [0.1, 0.15) is 35.6 Å². The summed E-state index contributed by atoms with van der Waals surface area (Å²) < 4.78 is 0. The van der Waals surface area contributed by atoms with Gasteiger partial charge in [-0.15, -0.1) is 10.2 Å². The first kappa shape index (κ1) is 26.2. The van der Waals surface area contributed by atoms with Crippen molar-refractivity contribution < 1.29 is 4.79 Å². The van der Waals surface area contributed by atoms with Crippen molar-refractivity contribution in [3.8, 4) is 11.3 Å². The van der Waals surface area contributed by atoms with Crippen LogP contribution in [0.25, 0.3) is 11.3 Å². The predicted octanol–water partition coefficient (Wildman–Crippen LogP) is 5.60. The molecule has 2 saturated heterocycles. The summed E-state index contributed by atoms with van der Waals surface area (Å²) in [6, 6.07) is 34.0. The topological polar surface area (TPSA) is 52.6 Å². The number of hydrogen-bond acceptors (Lipinski definition) is 5. The molecule has 0 bridgehead atoms. The average Bonchev–Trinajstić information content (AvgIpc) is 3.03. The molecule has 1 unspecified atom stereocenters. The molecular formula is C34H37N5O. The second-order valence-corrected chi connectivity index (χ2v) is 11.0. The van der Waals surface area contributed by atoms with Crippen LogP contribution >= 0.6 is 0 Å². The predicted molar refractivity (Wildman–Crippen MR) is 160 cm³/mol. The van der Waals surface area contributed by atoms with E-state index >= 15 is 0 Å². The highest BCUT2D eigenvalue weighted by Gasteiger charge is 2.33. The lowest BCUT2D eigenvalue weighted by Crippen LogP contribution is -2.53. The molecule has 6 rings (SSSR count). The SMILES string of the molecule is Cc1ccccc1-c1ccc(N2CCCC(C(=O)N3CCN(C(c4ccccc4)c4ccccc4)CC3)C2)nn1. The summed E-state index contributed by atoms with van der Waals surface area (Å²) >= 11 is 0. The van der Waals surface area contributed by atoms with Gasteiger partial charge in [-0.2, -0.15) is 0 Å². The van der Waals surface area contributed by atoms with E-state index < -0.39 is 0 Å². The third-order valence-corrected chi connectivity index (χ3v) is 8.39. The molecule has 6 nitrogen and oxygen atoms in total. The van der Waals surface area contributed by atoms with Crippen molar-refractivity contribution in [1.82, 2.24) is 20.0 Å². The third kappa shape index (κ3) is 5.63. The van der Waals surface area contributed by atoms with Crippen molar-refractivity contribution in [2.75, 3.05) is 44.2 Å². The summed E-state index contributed by atoms with van der Waals surface area (Å²) in [5.41, 5.74) is 5.77. The van der Waals surface area contributed by atoms with Gasteiger partial charge in [0.05, 0.1) is 17.7 Å². The van der Waals surface area contributed by atoms with E-state index in [9.17, 15) is 4.79 Å². The lowest BCUT2D eigenvalue weighted by Gasteiger charge is -2.42. The molecule has 0 radical (unpaired) electrons. The smallest absolute Gasteiger partial charge is 0.227 e. The lowest BCUT2D eigenvalue weighted by atomic mass is 9.95. The van der Waals surface area contributed by atoms with Gasteiger partial charge in [-0.25, -0.2) is 0 Å². The summed E-state index contributed by atoms with van der Waals surface area (Å²) in [7, 11) is 0. The lowest BCUT2D eigenvalue weighted by molar-refractivity contribution is -0.137. The second-order valence-electron chi connectivity index (χ2n) is 11.0. The summed E-state index contributed by atoms with van der Waals surface area (Å²) in [6.07, 6.45) is 1.92. The number of nitrogens with zero attached hydrogens (tertiary/aromatic N) is 5. The number of piperidine rings is 1. The first-order chi connectivity index (χ1) is 19.7. The number of carbonyl (C=O) groups excluding carboxylic acids is 1. The molecule has 0 spiro atoms. The average molecular weight is 532 g/mol. The molecule has 2 fully saturated rings. The van der Waals surface area contributed by atoms with Gasteiger partial charge in [0.15, 0.2) is 5.82 Å². The maximum atomic E-state index is 13.7. The highest BCUT2D eigenvalue weighted by molar-refractivity contribution is 5.80. The first-order valence-corrected chi connectivity index (χ1v) is 14.4. The number of aromatic nitrogens is 2. The van der Waals surface area contributed by atoms with Crippen molar-refractivity contribution in [2.45, 2.75) is 25.8 Å². The molecule has 40 heavy (non-hydrogen) atoms. The summed E-state index contributed by atoms with van der Waals surface area (Å²) in [4.78, 5) is 20.5. The van der Waals surface area contributed by atoms with E-state index in [1.807, 2.05) is 24.3 Å². The largest absolute Gasteiger partial charge is 0.354 e. The fourth-order valence-electron chi connectivity index (χ4n) is 6.23. The van der Waals surface area contributed by atoms with E-state index in [-0.39, 0.29) is 17.9 Å². The van der Waals surface area contributed by atoms with E-state index in [0.29, 0.717) is 6.54 Å². The highest BCUT2D eigenvalue weighted by atomic mass is 16.2. The first-order valence-electron chi connectivity index (χ1n) is 14.4. The number of benzene rings is 3. The van der Waals surface area contributed by atoms with Crippen LogP contribution in [0.4, 0.5) is 5.82 Å². The van der Waals surface area contributed by atoms with E-state index in [1.165, 1.54) is 16.7 Å². The zero-order valence-corrected chi connectivity index (χ0v) is 23.2. The van der Waals surface area contributed by atoms with Gasteiger partial charge in [0.1, 0.15) is 0 Å². The molecule has 0 N–H and O–H groups in total. The maximum absolute atomic E-state index is 13.7. The molecule has 2 aliphatic rings. The van der Waals surface area contributed by atoms with E-state index in [2.05, 4.69) is 105 Å². The van der Waals surface area contributed by atoms with E-state index in [1.54, 1.807) is 0 Å². The quantitative estimate of drug-likeness (QED) is 0.324. The van der Waals surface area contributed by atoms with Crippen LogP contribution in [0.5, 0.6) is 0 Å². The molecule has 3 heterocycles. The van der Waals surface area contributed by atoms with Crippen LogP contribution in [0.3, 0.4) is 0 Å². The van der Waals surface area contributed by atoms with Gasteiger partial charge in [0.2, 0.25) is 5.91 Å². The van der Waals surface area contributed by atoms with Crippen molar-refractivity contribution in [3.63, 3.8) is 0 Å². The Labute approximate surface area is 237 Å². The minimum Gasteiger partial charge on any atom is -0.354 e. The maximum Gasteiger partial charge on any atom is 0.227 e. The van der Waals surface area contributed by atoms with Gasteiger partial charge >= 0.3 is 0 Å². The molecule has 204 valence electrons. The summed E-state index contributed by atoms with van der Waals surface area (Å²) in [5, 5.41) is 9.08.